The molecule has 0 radical (unpaired) electrons. The third-order valence-electron chi connectivity index (χ3n) is 7.26. The number of carbonyl (C=O) groups is 3. The van der Waals surface area contributed by atoms with Gasteiger partial charge >= 0.3 is 12.1 Å². The van der Waals surface area contributed by atoms with Crippen LogP contribution in [0.2, 0.25) is 0 Å². The molecule has 1 saturated heterocycles. The van der Waals surface area contributed by atoms with Gasteiger partial charge < -0.3 is 24.6 Å². The van der Waals surface area contributed by atoms with E-state index in [0.29, 0.717) is 38.3 Å². The van der Waals surface area contributed by atoms with Crippen molar-refractivity contribution < 1.29 is 28.8 Å². The molecule has 44 heavy (non-hydrogen) atoms. The van der Waals surface area contributed by atoms with Gasteiger partial charge in [0.1, 0.15) is 24.3 Å². The Hall–Kier alpha value is -4.93. The predicted molar refractivity (Wildman–Crippen MR) is 168 cm³/mol. The van der Waals surface area contributed by atoms with Crippen molar-refractivity contribution in [1.82, 2.24) is 10.2 Å². The molecule has 1 aliphatic heterocycles. The Labute approximate surface area is 257 Å². The van der Waals surface area contributed by atoms with Crippen LogP contribution in [0, 0.1) is 10.1 Å². The summed E-state index contributed by atoms with van der Waals surface area (Å²) in [7, 11) is 0. The maximum absolute atomic E-state index is 13.0. The van der Waals surface area contributed by atoms with Crippen molar-refractivity contribution >= 4 is 34.9 Å². The molecule has 11 heteroatoms. The average Bonchev–Trinajstić information content (AvgIpc) is 3.07. The topological polar surface area (TPSA) is 131 Å². The van der Waals surface area contributed by atoms with Gasteiger partial charge in [-0.3, -0.25) is 19.7 Å². The van der Waals surface area contributed by atoms with Crippen molar-refractivity contribution in [2.75, 3.05) is 44.2 Å². The van der Waals surface area contributed by atoms with E-state index in [1.165, 1.54) is 12.1 Å². The molecule has 2 aliphatic rings. The second-order valence-corrected chi connectivity index (χ2v) is 11.6. The number of esters is 1. The number of piperazine rings is 1. The molecule has 1 fully saturated rings. The Bertz CT molecular complexity index is 1480. The number of ether oxygens (including phenoxy) is 2. The van der Waals surface area contributed by atoms with Gasteiger partial charge in [0, 0.05) is 43.9 Å². The van der Waals surface area contributed by atoms with Crippen LogP contribution in [0.15, 0.2) is 73.3 Å². The number of nitrogens with one attached hydrogen (secondary N) is 1. The smallest absolute Gasteiger partial charge is 0.409 e. The molecular formula is C33H38N4O7. The van der Waals surface area contributed by atoms with E-state index in [1.54, 1.807) is 31.7 Å². The van der Waals surface area contributed by atoms with Crippen LogP contribution in [0.25, 0.3) is 5.57 Å². The van der Waals surface area contributed by atoms with E-state index in [-0.39, 0.29) is 23.8 Å². The van der Waals surface area contributed by atoms with Crippen molar-refractivity contribution in [2.24, 2.45) is 0 Å². The number of hydrogen-bond donors (Lipinski definition) is 1. The second kappa shape index (κ2) is 14.0. The fourth-order valence-corrected chi connectivity index (χ4v) is 5.11. The molecule has 2 aromatic carbocycles. The van der Waals surface area contributed by atoms with Crippen molar-refractivity contribution in [1.29, 1.82) is 0 Å². The molecule has 1 N–H and O–H groups in total. The normalized spacial score (nSPS) is 18.2. The van der Waals surface area contributed by atoms with Crippen molar-refractivity contribution in [2.45, 2.75) is 38.7 Å². The molecule has 0 aromatic heterocycles. The second-order valence-electron chi connectivity index (χ2n) is 11.6. The van der Waals surface area contributed by atoms with Crippen molar-refractivity contribution in [3.05, 3.63) is 100 Å². The maximum Gasteiger partial charge on any atom is 0.409 e. The molecule has 11 nitrogen and oxygen atoms in total. The van der Waals surface area contributed by atoms with Gasteiger partial charge in [0.15, 0.2) is 0 Å². The summed E-state index contributed by atoms with van der Waals surface area (Å²) >= 11 is 0. The number of rotatable bonds is 7. The zero-order chi connectivity index (χ0) is 31.9. The first-order valence-corrected chi connectivity index (χ1v) is 14.5. The molecule has 2 aromatic rings. The quantitative estimate of drug-likeness (QED) is 0.259. The molecular weight excluding hydrogens is 564 g/mol. The molecule has 0 saturated carbocycles. The Balaban J connectivity index is 1.36. The Morgan fingerprint density at radius 2 is 1.80 bits per heavy atom. The van der Waals surface area contributed by atoms with Gasteiger partial charge in [-0.1, -0.05) is 55.1 Å². The van der Waals surface area contributed by atoms with Gasteiger partial charge in [0.25, 0.3) is 11.6 Å². The largest absolute Gasteiger partial charge is 0.459 e. The van der Waals surface area contributed by atoms with Crippen LogP contribution in [0.5, 0.6) is 0 Å². The van der Waals surface area contributed by atoms with Crippen LogP contribution in [-0.4, -0.2) is 72.7 Å². The van der Waals surface area contributed by atoms with Crippen molar-refractivity contribution in [3.63, 3.8) is 0 Å². The first-order valence-electron chi connectivity index (χ1n) is 14.5. The van der Waals surface area contributed by atoms with Crippen LogP contribution < -0.4 is 10.2 Å². The number of amides is 2. The lowest BCUT2D eigenvalue weighted by molar-refractivity contribution is -0.385. The Kier molecular flexibility index (Phi) is 10.2. The average molecular weight is 603 g/mol. The monoisotopic (exact) mass is 602 g/mol. The predicted octanol–water partition coefficient (Wildman–Crippen LogP) is 5.24. The number of benzene rings is 2. The Morgan fingerprint density at radius 1 is 1.07 bits per heavy atom. The summed E-state index contributed by atoms with van der Waals surface area (Å²) < 4.78 is 11.0. The van der Waals surface area contributed by atoms with Gasteiger partial charge in [0.2, 0.25) is 0 Å². The molecule has 1 aliphatic carbocycles. The molecule has 4 rings (SSSR count). The summed E-state index contributed by atoms with van der Waals surface area (Å²) in [5.74, 6) is -1.43. The van der Waals surface area contributed by atoms with E-state index in [9.17, 15) is 24.5 Å². The molecule has 0 spiro atoms. The number of nitro benzene ring substituents is 1. The highest BCUT2D eigenvalue weighted by molar-refractivity contribution is 6.00. The van der Waals surface area contributed by atoms with E-state index in [2.05, 4.69) is 18.0 Å². The summed E-state index contributed by atoms with van der Waals surface area (Å²) in [5, 5.41) is 14.0. The lowest BCUT2D eigenvalue weighted by Gasteiger charge is -2.35. The summed E-state index contributed by atoms with van der Waals surface area (Å²) in [6.45, 7) is 10.7. The highest BCUT2D eigenvalue weighted by Crippen LogP contribution is 2.31. The van der Waals surface area contributed by atoms with E-state index in [0.717, 1.165) is 16.7 Å². The number of anilines is 1. The molecule has 0 bridgehead atoms. The standard InChI is InChI=1S/C33H38N4O7/c1-23-10-6-5-7-11-24(27-13-9-8-12-26(23)27)22-43-32(40)36-18-16-35(17-19-36)25-14-15-29(37(41)42)28(20-25)31(39)34-21-30(38)44-33(2,3)4/h5-10,12-15,20,24H,1,11,16-19,21-22H2,2-4H3,(H,34,39)/b7-5-,10-6-. The third kappa shape index (κ3) is 8.33. The van der Waals surface area contributed by atoms with E-state index in [1.807, 2.05) is 47.4 Å². The maximum atomic E-state index is 13.0. The summed E-state index contributed by atoms with van der Waals surface area (Å²) in [5.41, 5.74) is 2.33. The third-order valence-corrected chi connectivity index (χ3v) is 7.26. The number of carbonyl (C=O) groups excluding carboxylic acids is 3. The first-order chi connectivity index (χ1) is 20.9. The summed E-state index contributed by atoms with van der Waals surface area (Å²) in [6, 6.07) is 12.3. The molecule has 232 valence electrons. The van der Waals surface area contributed by atoms with Crippen LogP contribution in [0.4, 0.5) is 16.2 Å². The van der Waals surface area contributed by atoms with Crippen molar-refractivity contribution in [3.8, 4) is 0 Å². The lowest BCUT2D eigenvalue weighted by Crippen LogP contribution is -2.49. The van der Waals surface area contributed by atoms with Gasteiger partial charge in [0.05, 0.1) is 4.92 Å². The molecule has 1 atom stereocenters. The zero-order valence-corrected chi connectivity index (χ0v) is 25.3. The van der Waals surface area contributed by atoms with E-state index < -0.39 is 35.0 Å². The highest BCUT2D eigenvalue weighted by Gasteiger charge is 2.27. The minimum Gasteiger partial charge on any atom is -0.459 e. The fraction of sp³-hybridized carbons (Fsp3) is 0.364. The zero-order valence-electron chi connectivity index (χ0n) is 25.3. The molecule has 1 unspecified atom stereocenters. The van der Waals surface area contributed by atoms with Crippen LogP contribution in [-0.2, 0) is 14.3 Å². The minimum absolute atomic E-state index is 0.0238. The minimum atomic E-state index is -0.757. The van der Waals surface area contributed by atoms with E-state index >= 15 is 0 Å². The number of hydrogen-bond acceptors (Lipinski definition) is 8. The van der Waals surface area contributed by atoms with Crippen LogP contribution >= 0.6 is 0 Å². The molecule has 2 amide bonds. The first kappa shape index (κ1) is 32.0. The fourth-order valence-electron chi connectivity index (χ4n) is 5.11. The number of allylic oxidation sites excluding steroid dienone is 5. The van der Waals surface area contributed by atoms with E-state index in [4.69, 9.17) is 9.47 Å². The summed E-state index contributed by atoms with van der Waals surface area (Å²) in [4.78, 5) is 52.5. The molecule has 1 heterocycles. The van der Waals surface area contributed by atoms with Gasteiger partial charge in [-0.15, -0.1) is 0 Å². The highest BCUT2D eigenvalue weighted by atomic mass is 16.6. The number of nitro groups is 1. The number of fused-ring (bicyclic) bond motifs is 1. The van der Waals surface area contributed by atoms with Gasteiger partial charge in [-0.2, -0.15) is 0 Å². The Morgan fingerprint density at radius 3 is 2.50 bits per heavy atom. The van der Waals surface area contributed by atoms with Gasteiger partial charge in [-0.05, 0) is 56.0 Å². The number of nitrogens with zero attached hydrogens (tertiary/aromatic N) is 3. The lowest BCUT2D eigenvalue weighted by atomic mass is 9.89. The SMILES string of the molecule is C=C1/C=C\C=C/CC(COC(=O)N2CCN(c3ccc([N+](=O)[O-])c(C(=O)NCC(=O)OC(C)(C)C)c3)CC2)c2ccccc21. The summed E-state index contributed by atoms with van der Waals surface area (Å²) in [6.07, 6.45) is 8.25. The van der Waals surface area contributed by atoms with Gasteiger partial charge in [-0.25, -0.2) is 4.79 Å². The van der Waals surface area contributed by atoms with Crippen LogP contribution in [0.3, 0.4) is 0 Å². The van der Waals surface area contributed by atoms with Crippen LogP contribution in [0.1, 0.15) is 54.6 Å².